The third kappa shape index (κ3) is 11.3. The Morgan fingerprint density at radius 3 is 1.00 bits per heavy atom. The number of rotatable bonds is 18. The Labute approximate surface area is 266 Å². The molecule has 0 bridgehead atoms. The highest BCUT2D eigenvalue weighted by Crippen LogP contribution is 2.08. The summed E-state index contributed by atoms with van der Waals surface area (Å²) in [5.41, 5.74) is 8.67. The van der Waals surface area contributed by atoms with Gasteiger partial charge in [-0.25, -0.2) is 0 Å². The number of quaternary nitrogens is 2. The highest BCUT2D eigenvalue weighted by atomic mass is 15.1. The van der Waals surface area contributed by atoms with Gasteiger partial charge < -0.3 is 9.80 Å². The Morgan fingerprint density at radius 1 is 0.295 bits per heavy atom. The molecule has 2 N–H and O–H groups in total. The fourth-order valence-corrected chi connectivity index (χ4v) is 6.37. The molecule has 0 aliphatic heterocycles. The van der Waals surface area contributed by atoms with Crippen molar-refractivity contribution in [2.45, 2.75) is 64.7 Å². The van der Waals surface area contributed by atoms with E-state index in [-0.39, 0.29) is 0 Å². The van der Waals surface area contributed by atoms with Crippen LogP contribution in [0, 0.1) is 0 Å². The van der Waals surface area contributed by atoms with Crippen molar-refractivity contribution in [1.82, 2.24) is 0 Å². The number of aryl methyl sites for hydroxylation is 2. The van der Waals surface area contributed by atoms with Crippen LogP contribution in [0.15, 0.2) is 146 Å². The van der Waals surface area contributed by atoms with Gasteiger partial charge in [-0.05, 0) is 55.7 Å². The largest absolute Gasteiger partial charge is 0.327 e. The molecule has 0 aliphatic rings. The summed E-state index contributed by atoms with van der Waals surface area (Å²) in [6.45, 7) is 6.67. The molecule has 0 radical (unpaired) electrons. The zero-order valence-electron chi connectivity index (χ0n) is 26.3. The van der Waals surface area contributed by atoms with Gasteiger partial charge in [0.15, 0.2) is 0 Å². The van der Waals surface area contributed by atoms with E-state index in [1.165, 1.54) is 85.0 Å². The fourth-order valence-electron chi connectivity index (χ4n) is 6.37. The molecular weight excluding hydrogens is 532 g/mol. The van der Waals surface area contributed by atoms with E-state index in [9.17, 15) is 0 Å². The molecule has 226 valence electrons. The first-order valence-electron chi connectivity index (χ1n) is 16.7. The standard InChI is InChI=1S/C42H48N2/c1-5-18-37(19-6-1)22-13-15-30-43(33-39-24-9-3-10-25-39)35-41-28-17-29-42(32-41)36-44(34-40-26-11-4-12-27-40)31-16-14-23-38-20-7-2-8-21-38/h1-12,17-21,24-29,32H,13-16,22-23,30-31,33-36H2/p+2. The Morgan fingerprint density at radius 2 is 0.614 bits per heavy atom. The molecule has 0 spiro atoms. The van der Waals surface area contributed by atoms with Gasteiger partial charge in [0.1, 0.15) is 26.2 Å². The fraction of sp³-hybridized carbons (Fsp3) is 0.286. The normalized spacial score (nSPS) is 12.5. The quantitative estimate of drug-likeness (QED) is 0.104. The summed E-state index contributed by atoms with van der Waals surface area (Å²) in [6, 6.07) is 53.4. The maximum atomic E-state index is 2.49. The first-order chi connectivity index (χ1) is 21.8. The van der Waals surface area contributed by atoms with Gasteiger partial charge in [-0.15, -0.1) is 0 Å². The van der Waals surface area contributed by atoms with Crippen molar-refractivity contribution in [3.8, 4) is 0 Å². The molecule has 0 amide bonds. The van der Waals surface area contributed by atoms with Gasteiger partial charge in [0.25, 0.3) is 0 Å². The van der Waals surface area contributed by atoms with E-state index in [2.05, 4.69) is 146 Å². The molecule has 0 aromatic heterocycles. The van der Waals surface area contributed by atoms with E-state index >= 15 is 0 Å². The Bertz CT molecular complexity index is 1340. The summed E-state index contributed by atoms with van der Waals surface area (Å²) in [4.78, 5) is 3.30. The first kappa shape index (κ1) is 31.4. The molecule has 2 nitrogen and oxygen atoms in total. The van der Waals surface area contributed by atoms with Crippen LogP contribution in [0.3, 0.4) is 0 Å². The van der Waals surface area contributed by atoms with Gasteiger partial charge in [-0.2, -0.15) is 0 Å². The molecule has 0 saturated carbocycles. The second-order valence-electron chi connectivity index (χ2n) is 12.4. The molecular formula is C42H50N2+2. The molecule has 5 aromatic rings. The first-order valence-corrected chi connectivity index (χ1v) is 16.7. The molecule has 0 saturated heterocycles. The maximum absolute atomic E-state index is 2.49. The van der Waals surface area contributed by atoms with E-state index in [0.29, 0.717) is 0 Å². The number of nitrogens with one attached hydrogen (secondary N) is 2. The average molecular weight is 583 g/mol. The molecule has 2 unspecified atom stereocenters. The lowest BCUT2D eigenvalue weighted by atomic mass is 10.1. The summed E-state index contributed by atoms with van der Waals surface area (Å²) in [6.07, 6.45) is 7.30. The van der Waals surface area contributed by atoms with Crippen LogP contribution in [-0.2, 0) is 39.0 Å². The molecule has 0 aliphatic carbocycles. The predicted octanol–water partition coefficient (Wildman–Crippen LogP) is 6.90. The van der Waals surface area contributed by atoms with Crippen molar-refractivity contribution < 1.29 is 9.80 Å². The number of hydrogen-bond donors (Lipinski definition) is 2. The lowest BCUT2D eigenvalue weighted by molar-refractivity contribution is -0.928. The molecule has 2 heteroatoms. The minimum atomic E-state index is 1.07. The SMILES string of the molecule is c1ccc(CCCC[NH+](Cc2ccccc2)Cc2cccc(C[NH+](CCCCc3ccccc3)Cc3ccccc3)c2)cc1. The van der Waals surface area contributed by atoms with Gasteiger partial charge in [-0.3, -0.25) is 0 Å². The highest BCUT2D eigenvalue weighted by Gasteiger charge is 2.14. The van der Waals surface area contributed by atoms with Crippen LogP contribution in [0.2, 0.25) is 0 Å². The van der Waals surface area contributed by atoms with Gasteiger partial charge in [-0.1, -0.05) is 140 Å². The summed E-state index contributed by atoms with van der Waals surface area (Å²) in [5.74, 6) is 0. The minimum absolute atomic E-state index is 1.07. The van der Waals surface area contributed by atoms with Gasteiger partial charge in [0, 0.05) is 22.3 Å². The average Bonchev–Trinajstić information content (AvgIpc) is 3.07. The topological polar surface area (TPSA) is 8.88 Å². The van der Waals surface area contributed by atoms with Gasteiger partial charge in [0.2, 0.25) is 0 Å². The number of benzene rings is 5. The molecule has 0 heterocycles. The lowest BCUT2D eigenvalue weighted by Gasteiger charge is -2.22. The van der Waals surface area contributed by atoms with E-state index in [1.54, 1.807) is 9.80 Å². The van der Waals surface area contributed by atoms with E-state index in [4.69, 9.17) is 0 Å². The number of hydrogen-bond acceptors (Lipinski definition) is 0. The second kappa shape index (κ2) is 18.0. The lowest BCUT2D eigenvalue weighted by Crippen LogP contribution is -3.09. The smallest absolute Gasteiger partial charge is 0.103 e. The van der Waals surface area contributed by atoms with Crippen LogP contribution < -0.4 is 9.80 Å². The Balaban J connectivity index is 1.20. The Hall–Kier alpha value is -3.98. The molecule has 44 heavy (non-hydrogen) atoms. The van der Waals surface area contributed by atoms with Crippen LogP contribution in [0.5, 0.6) is 0 Å². The Kier molecular flexibility index (Phi) is 12.8. The van der Waals surface area contributed by atoms with Crippen LogP contribution in [-0.4, -0.2) is 13.1 Å². The highest BCUT2D eigenvalue weighted by molar-refractivity contribution is 5.22. The van der Waals surface area contributed by atoms with E-state index in [1.807, 2.05) is 0 Å². The van der Waals surface area contributed by atoms with Crippen molar-refractivity contribution >= 4 is 0 Å². The molecule has 5 aromatic carbocycles. The summed E-state index contributed by atoms with van der Waals surface area (Å²) < 4.78 is 0. The maximum Gasteiger partial charge on any atom is 0.103 e. The van der Waals surface area contributed by atoms with E-state index < -0.39 is 0 Å². The predicted molar refractivity (Wildman–Crippen MR) is 185 cm³/mol. The monoisotopic (exact) mass is 582 g/mol. The van der Waals surface area contributed by atoms with Crippen molar-refractivity contribution in [1.29, 1.82) is 0 Å². The van der Waals surface area contributed by atoms with Crippen LogP contribution >= 0.6 is 0 Å². The summed E-state index contributed by atoms with van der Waals surface area (Å²) in [7, 11) is 0. The van der Waals surface area contributed by atoms with Crippen molar-refractivity contribution in [3.63, 3.8) is 0 Å². The number of unbranched alkanes of at least 4 members (excludes halogenated alkanes) is 2. The molecule has 0 fully saturated rings. The van der Waals surface area contributed by atoms with Crippen molar-refractivity contribution in [3.05, 3.63) is 179 Å². The summed E-state index contributed by atoms with van der Waals surface area (Å²) >= 11 is 0. The zero-order valence-corrected chi connectivity index (χ0v) is 26.3. The van der Waals surface area contributed by atoms with Crippen LogP contribution in [0.4, 0.5) is 0 Å². The van der Waals surface area contributed by atoms with Crippen LogP contribution in [0.25, 0.3) is 0 Å². The van der Waals surface area contributed by atoms with Crippen LogP contribution in [0.1, 0.15) is 59.1 Å². The van der Waals surface area contributed by atoms with Gasteiger partial charge >= 0.3 is 0 Å². The molecule has 5 rings (SSSR count). The van der Waals surface area contributed by atoms with Gasteiger partial charge in [0.05, 0.1) is 13.1 Å². The van der Waals surface area contributed by atoms with E-state index in [0.717, 1.165) is 26.2 Å². The second-order valence-corrected chi connectivity index (χ2v) is 12.4. The minimum Gasteiger partial charge on any atom is -0.327 e. The third-order valence-electron chi connectivity index (χ3n) is 8.67. The zero-order chi connectivity index (χ0) is 30.1. The van der Waals surface area contributed by atoms with Crippen molar-refractivity contribution in [2.75, 3.05) is 13.1 Å². The molecule has 2 atom stereocenters. The summed E-state index contributed by atoms with van der Waals surface area (Å²) in [5, 5.41) is 0. The van der Waals surface area contributed by atoms with Crippen molar-refractivity contribution in [2.24, 2.45) is 0 Å². The third-order valence-corrected chi connectivity index (χ3v) is 8.67.